The normalized spacial score (nSPS) is 17.6. The number of hydrogen-bond acceptors (Lipinski definition) is 0. The minimum atomic E-state index is 0. The Balaban J connectivity index is 0.00000193. The number of aromatic amines is 2. The summed E-state index contributed by atoms with van der Waals surface area (Å²) in [6.07, 6.45) is 9.48. The zero-order valence-electron chi connectivity index (χ0n) is 20.8. The molecule has 0 bridgehead atoms. The maximum absolute atomic E-state index is 3.69. The highest BCUT2D eigenvalue weighted by Crippen LogP contribution is 2.27. The van der Waals surface area contributed by atoms with Crippen molar-refractivity contribution in [3.8, 4) is 0 Å². The molecule has 33 heavy (non-hydrogen) atoms. The van der Waals surface area contributed by atoms with Gasteiger partial charge < -0.3 is 43.9 Å². The molecule has 2 aliphatic heterocycles. The third kappa shape index (κ3) is 5.02. The molecule has 0 radical (unpaired) electrons. The third-order valence-corrected chi connectivity index (χ3v) is 7.22. The van der Waals surface area contributed by atoms with Gasteiger partial charge in [-0.3, -0.25) is 0 Å². The van der Waals surface area contributed by atoms with E-state index in [1.165, 1.54) is 78.7 Å². The van der Waals surface area contributed by atoms with Gasteiger partial charge >= 0.3 is 0 Å². The van der Waals surface area contributed by atoms with Crippen molar-refractivity contribution in [2.75, 3.05) is 0 Å². The van der Waals surface area contributed by atoms with Gasteiger partial charge in [-0.2, -0.15) is 0 Å². The summed E-state index contributed by atoms with van der Waals surface area (Å²) >= 11 is 0. The highest BCUT2D eigenvalue weighted by atomic mass is 79.9. The fourth-order valence-corrected chi connectivity index (χ4v) is 4.19. The van der Waals surface area contributed by atoms with Crippen molar-refractivity contribution >= 4 is 24.6 Å². The maximum atomic E-state index is 3.69. The van der Waals surface area contributed by atoms with E-state index in [9.17, 15) is 0 Å². The van der Waals surface area contributed by atoms with Gasteiger partial charge in [-0.25, -0.2) is 9.98 Å². The lowest BCUT2D eigenvalue weighted by molar-refractivity contribution is -0.381. The second-order valence-corrected chi connectivity index (χ2v) is 9.02. The number of rotatable bonds is 4. The van der Waals surface area contributed by atoms with Crippen LogP contribution in [-0.4, -0.2) is 22.4 Å². The average Bonchev–Trinajstić information content (AvgIpc) is 3.40. The largest absolute Gasteiger partial charge is 1.00 e. The van der Waals surface area contributed by atoms with Gasteiger partial charge in [-0.15, -0.1) is 0 Å². The van der Waals surface area contributed by atoms with E-state index >= 15 is 0 Å². The number of H-pyrrole nitrogens is 2. The van der Waals surface area contributed by atoms with Gasteiger partial charge in [0.05, 0.1) is 0 Å². The van der Waals surface area contributed by atoms with Crippen LogP contribution in [0.5, 0.6) is 0 Å². The molecule has 0 saturated heterocycles. The summed E-state index contributed by atoms with van der Waals surface area (Å²) < 4.78 is 0. The van der Waals surface area contributed by atoms with Gasteiger partial charge in [0.15, 0.2) is 12.4 Å². The summed E-state index contributed by atoms with van der Waals surface area (Å²) in [4.78, 5) is 14.2. The predicted molar refractivity (Wildman–Crippen MR) is 130 cm³/mol. The summed E-state index contributed by atoms with van der Waals surface area (Å²) in [5, 5.41) is 0. The molecule has 0 aliphatic carbocycles. The summed E-state index contributed by atoms with van der Waals surface area (Å²) in [5.41, 5.74) is 17.7. The summed E-state index contributed by atoms with van der Waals surface area (Å²) in [6.45, 7) is 17.5. The molecule has 4 nitrogen and oxygen atoms in total. The van der Waals surface area contributed by atoms with Gasteiger partial charge in [-0.1, -0.05) is 0 Å². The fraction of sp³-hybridized carbons (Fsp3) is 0.333. The van der Waals surface area contributed by atoms with Gasteiger partial charge in [-0.05, 0) is 77.6 Å². The Hall–Kier alpha value is -2.18. The van der Waals surface area contributed by atoms with E-state index in [-0.39, 0.29) is 34.0 Å². The standard InChI is InChI=1S/C27H32N4.2BrH/c1-14-12-28-22(16(14)3)9-24-18(5)20(7)26(30-24)11-27-21(8)19(6)25(31-27)10-23-17(4)15(2)13-29-23;;/h9-10,12-13,30-31H,11H2,1-8H3;2*1H/b22-9-,23-10-;;. The van der Waals surface area contributed by atoms with Crippen molar-refractivity contribution in [3.05, 3.63) is 78.7 Å². The minimum Gasteiger partial charge on any atom is -1.00 e. The van der Waals surface area contributed by atoms with Gasteiger partial charge in [0.1, 0.15) is 0 Å². The molecular weight excluding hydrogens is 540 g/mol. The van der Waals surface area contributed by atoms with E-state index in [4.69, 9.17) is 0 Å². The van der Waals surface area contributed by atoms with Crippen molar-refractivity contribution < 1.29 is 43.9 Å². The lowest BCUT2D eigenvalue weighted by atomic mass is 10.0. The van der Waals surface area contributed by atoms with Crippen LogP contribution in [0.25, 0.3) is 12.2 Å². The first-order valence-electron chi connectivity index (χ1n) is 11.0. The highest BCUT2D eigenvalue weighted by molar-refractivity contribution is 5.80. The molecule has 176 valence electrons. The second kappa shape index (κ2) is 10.4. The molecule has 0 saturated carbocycles. The first kappa shape index (κ1) is 27.1. The quantitative estimate of drug-likeness (QED) is 0.299. The molecule has 4 heterocycles. The molecule has 0 spiro atoms. The molecule has 4 N–H and O–H groups in total. The Morgan fingerprint density at radius 1 is 0.606 bits per heavy atom. The Kier molecular flexibility index (Phi) is 8.52. The van der Waals surface area contributed by atoms with E-state index in [1.807, 2.05) is 0 Å². The van der Waals surface area contributed by atoms with E-state index in [1.54, 1.807) is 0 Å². The van der Waals surface area contributed by atoms with Gasteiger partial charge in [0, 0.05) is 63.6 Å². The van der Waals surface area contributed by atoms with E-state index in [2.05, 4.69) is 99.9 Å². The zero-order valence-corrected chi connectivity index (χ0v) is 23.9. The van der Waals surface area contributed by atoms with Crippen molar-refractivity contribution in [3.63, 3.8) is 0 Å². The van der Waals surface area contributed by atoms with Crippen molar-refractivity contribution in [2.45, 2.75) is 61.8 Å². The Morgan fingerprint density at radius 3 is 1.27 bits per heavy atom. The molecule has 6 heteroatoms. The topological polar surface area (TPSA) is 59.5 Å². The molecule has 2 aromatic rings. The van der Waals surface area contributed by atoms with Crippen LogP contribution in [0.4, 0.5) is 0 Å². The minimum absolute atomic E-state index is 0. The van der Waals surface area contributed by atoms with Crippen LogP contribution in [0.15, 0.2) is 33.7 Å². The predicted octanol–water partition coefficient (Wildman–Crippen LogP) is -3.14. The molecule has 2 aliphatic rings. The number of halogens is 2. The summed E-state index contributed by atoms with van der Waals surface area (Å²) in [5.74, 6) is 0. The van der Waals surface area contributed by atoms with Gasteiger partial charge in [0.2, 0.25) is 11.4 Å². The zero-order chi connectivity index (χ0) is 22.4. The number of hydrogen-bond donors (Lipinski definition) is 4. The highest BCUT2D eigenvalue weighted by Gasteiger charge is 2.20. The average molecular weight is 574 g/mol. The molecule has 0 unspecified atom stereocenters. The fourth-order valence-electron chi connectivity index (χ4n) is 4.19. The molecule has 0 amide bonds. The molecular formula is C27H34Br2N4. The number of aromatic nitrogens is 2. The second-order valence-electron chi connectivity index (χ2n) is 9.02. The molecule has 2 aromatic heterocycles. The van der Waals surface area contributed by atoms with Crippen LogP contribution in [0.1, 0.15) is 72.7 Å². The van der Waals surface area contributed by atoms with Crippen LogP contribution in [-0.2, 0) is 6.42 Å². The Labute approximate surface area is 218 Å². The first-order valence-corrected chi connectivity index (χ1v) is 11.0. The summed E-state index contributed by atoms with van der Waals surface area (Å²) in [7, 11) is 0. The lowest BCUT2D eigenvalue weighted by Gasteiger charge is -2.01. The van der Waals surface area contributed by atoms with Crippen LogP contribution >= 0.6 is 0 Å². The van der Waals surface area contributed by atoms with Crippen molar-refractivity contribution in [2.24, 2.45) is 0 Å². The molecule has 0 fully saturated rings. The van der Waals surface area contributed by atoms with E-state index in [0.717, 1.165) is 6.42 Å². The SMILES string of the molecule is CC1=C(C)/C(=C/c2[nH]c(Cc3[nH]c(/C=C4\[NH+]=CC(C)=C4C)c(C)c3C)c(C)c2C)[NH+]=C1.[Br-].[Br-]. The number of nitrogens with one attached hydrogen (secondary N) is 4. The van der Waals surface area contributed by atoms with Crippen LogP contribution in [0.2, 0.25) is 0 Å². The molecule has 0 aromatic carbocycles. The first-order chi connectivity index (χ1) is 14.7. The summed E-state index contributed by atoms with van der Waals surface area (Å²) in [6, 6.07) is 0. The van der Waals surface area contributed by atoms with E-state index in [0.29, 0.717) is 0 Å². The van der Waals surface area contributed by atoms with Crippen molar-refractivity contribution in [1.82, 2.24) is 9.97 Å². The Bertz CT molecular complexity index is 1180. The van der Waals surface area contributed by atoms with Crippen LogP contribution < -0.4 is 43.9 Å². The molecule has 4 rings (SSSR count). The maximum Gasteiger partial charge on any atom is 0.209 e. The van der Waals surface area contributed by atoms with E-state index < -0.39 is 0 Å². The van der Waals surface area contributed by atoms with Crippen LogP contribution in [0.3, 0.4) is 0 Å². The smallest absolute Gasteiger partial charge is 0.209 e. The number of allylic oxidation sites excluding steroid dienone is 4. The monoisotopic (exact) mass is 572 g/mol. The van der Waals surface area contributed by atoms with Gasteiger partial charge in [0.25, 0.3) is 0 Å². The Morgan fingerprint density at radius 2 is 0.970 bits per heavy atom. The van der Waals surface area contributed by atoms with Crippen LogP contribution in [0, 0.1) is 27.7 Å². The van der Waals surface area contributed by atoms with Crippen molar-refractivity contribution in [1.29, 1.82) is 0 Å². The molecule has 0 atom stereocenters. The third-order valence-electron chi connectivity index (χ3n) is 7.22. The lowest BCUT2D eigenvalue weighted by Crippen LogP contribution is -3.00.